The van der Waals surface area contributed by atoms with Gasteiger partial charge in [0.15, 0.2) is 0 Å². The molecular weight excluding hydrogens is 244 g/mol. The molecule has 0 aromatic carbocycles. The number of hydrogen-bond acceptors (Lipinski definition) is 5. The first-order valence-corrected chi connectivity index (χ1v) is 6.77. The maximum Gasteiger partial charge on any atom is 0.223 e. The van der Waals surface area contributed by atoms with Gasteiger partial charge in [0.25, 0.3) is 0 Å². The first-order chi connectivity index (χ1) is 8.47. The highest BCUT2D eigenvalue weighted by Gasteiger charge is 2.07. The average Bonchev–Trinajstić information content (AvgIpc) is 2.62. The molecular formula is C13H18N4S. The van der Waals surface area contributed by atoms with E-state index in [0.717, 1.165) is 34.2 Å². The Bertz CT molecular complexity index is 551. The van der Waals surface area contributed by atoms with Gasteiger partial charge in [0.05, 0.1) is 17.2 Å². The Morgan fingerprint density at radius 3 is 2.00 bits per heavy atom. The third-order valence-corrected chi connectivity index (χ3v) is 4.11. The summed E-state index contributed by atoms with van der Waals surface area (Å²) in [6.45, 7) is 10.9. The lowest BCUT2D eigenvalue weighted by Crippen LogP contribution is -2.06. The molecule has 0 amide bonds. The standard InChI is InChI=1S/C13H18N4S/c1-7-8(2)16-13(17-9(7)3)14-6-12-10(4)15-11(5)18-12/h6H2,1-5H3,(H,14,16,17). The van der Waals surface area contributed by atoms with Crippen molar-refractivity contribution in [3.05, 3.63) is 32.5 Å². The van der Waals surface area contributed by atoms with E-state index >= 15 is 0 Å². The van der Waals surface area contributed by atoms with Crippen LogP contribution in [0.5, 0.6) is 0 Å². The molecule has 0 radical (unpaired) electrons. The van der Waals surface area contributed by atoms with Gasteiger partial charge in [-0.05, 0) is 40.2 Å². The van der Waals surface area contributed by atoms with E-state index < -0.39 is 0 Å². The normalized spacial score (nSPS) is 10.7. The SMILES string of the molecule is Cc1nc(C)c(CNc2nc(C)c(C)c(C)n2)s1. The molecule has 5 heteroatoms. The van der Waals surface area contributed by atoms with Crippen molar-refractivity contribution in [1.29, 1.82) is 0 Å². The zero-order chi connectivity index (χ0) is 13.3. The molecule has 0 aliphatic rings. The van der Waals surface area contributed by atoms with Gasteiger partial charge in [0.2, 0.25) is 5.95 Å². The van der Waals surface area contributed by atoms with Crippen LogP contribution in [0.1, 0.15) is 32.5 Å². The van der Waals surface area contributed by atoms with E-state index in [4.69, 9.17) is 0 Å². The molecule has 4 nitrogen and oxygen atoms in total. The van der Waals surface area contributed by atoms with Crippen molar-refractivity contribution in [2.45, 2.75) is 41.2 Å². The molecule has 0 spiro atoms. The summed E-state index contributed by atoms with van der Waals surface area (Å²) in [6, 6.07) is 0. The van der Waals surface area contributed by atoms with Crippen molar-refractivity contribution >= 4 is 17.3 Å². The van der Waals surface area contributed by atoms with E-state index in [9.17, 15) is 0 Å². The second-order valence-corrected chi connectivity index (χ2v) is 5.73. The summed E-state index contributed by atoms with van der Waals surface area (Å²) >= 11 is 1.72. The summed E-state index contributed by atoms with van der Waals surface area (Å²) in [5.74, 6) is 0.695. The molecule has 2 heterocycles. The molecule has 0 saturated heterocycles. The molecule has 2 rings (SSSR count). The minimum Gasteiger partial charge on any atom is -0.349 e. The van der Waals surface area contributed by atoms with Crippen molar-refractivity contribution in [3.8, 4) is 0 Å². The summed E-state index contributed by atoms with van der Waals surface area (Å²) in [6.07, 6.45) is 0. The highest BCUT2D eigenvalue weighted by molar-refractivity contribution is 7.11. The maximum atomic E-state index is 4.45. The van der Waals surface area contributed by atoms with Crippen LogP contribution in [0.25, 0.3) is 0 Å². The predicted octanol–water partition coefficient (Wildman–Crippen LogP) is 3.09. The van der Waals surface area contributed by atoms with E-state index in [1.54, 1.807) is 11.3 Å². The average molecular weight is 262 g/mol. The molecule has 18 heavy (non-hydrogen) atoms. The lowest BCUT2D eigenvalue weighted by atomic mass is 10.2. The molecule has 0 bridgehead atoms. The monoisotopic (exact) mass is 262 g/mol. The summed E-state index contributed by atoms with van der Waals surface area (Å²) < 4.78 is 0. The van der Waals surface area contributed by atoms with Crippen LogP contribution >= 0.6 is 11.3 Å². The summed E-state index contributed by atoms with van der Waals surface area (Å²) in [7, 11) is 0. The smallest absolute Gasteiger partial charge is 0.223 e. The molecule has 0 aliphatic carbocycles. The Hall–Kier alpha value is -1.49. The van der Waals surface area contributed by atoms with Crippen LogP contribution in [0.2, 0.25) is 0 Å². The number of anilines is 1. The zero-order valence-electron chi connectivity index (χ0n) is 11.5. The zero-order valence-corrected chi connectivity index (χ0v) is 12.3. The number of nitrogens with zero attached hydrogens (tertiary/aromatic N) is 3. The molecule has 0 fully saturated rings. The van der Waals surface area contributed by atoms with Gasteiger partial charge in [-0.3, -0.25) is 0 Å². The van der Waals surface area contributed by atoms with Gasteiger partial charge < -0.3 is 5.32 Å². The number of rotatable bonds is 3. The topological polar surface area (TPSA) is 50.7 Å². The van der Waals surface area contributed by atoms with Crippen LogP contribution in [-0.2, 0) is 6.54 Å². The highest BCUT2D eigenvalue weighted by Crippen LogP contribution is 2.18. The Morgan fingerprint density at radius 1 is 0.889 bits per heavy atom. The third kappa shape index (κ3) is 2.67. The molecule has 2 aromatic rings. The van der Waals surface area contributed by atoms with E-state index in [-0.39, 0.29) is 0 Å². The van der Waals surface area contributed by atoms with Crippen LogP contribution < -0.4 is 5.32 Å². The first kappa shape index (κ1) is 13.0. The van der Waals surface area contributed by atoms with Crippen molar-refractivity contribution in [2.24, 2.45) is 0 Å². The summed E-state index contributed by atoms with van der Waals surface area (Å²) in [4.78, 5) is 14.5. The lowest BCUT2D eigenvalue weighted by molar-refractivity contribution is 0.979. The summed E-state index contributed by atoms with van der Waals surface area (Å²) in [5.41, 5.74) is 4.31. The minimum atomic E-state index is 0.695. The largest absolute Gasteiger partial charge is 0.349 e. The van der Waals surface area contributed by atoms with Gasteiger partial charge >= 0.3 is 0 Å². The van der Waals surface area contributed by atoms with Gasteiger partial charge in [-0.25, -0.2) is 15.0 Å². The van der Waals surface area contributed by atoms with E-state index in [2.05, 4.69) is 20.3 Å². The first-order valence-electron chi connectivity index (χ1n) is 5.96. The molecule has 0 aliphatic heterocycles. The Labute approximate surface area is 112 Å². The highest BCUT2D eigenvalue weighted by atomic mass is 32.1. The summed E-state index contributed by atoms with van der Waals surface area (Å²) in [5, 5.41) is 4.37. The predicted molar refractivity (Wildman–Crippen MR) is 75.2 cm³/mol. The second-order valence-electron chi connectivity index (χ2n) is 4.44. The molecule has 1 N–H and O–H groups in total. The van der Waals surface area contributed by atoms with Gasteiger partial charge in [-0.2, -0.15) is 0 Å². The maximum absolute atomic E-state index is 4.45. The van der Waals surface area contributed by atoms with Gasteiger partial charge in [0.1, 0.15) is 0 Å². The number of nitrogens with one attached hydrogen (secondary N) is 1. The van der Waals surface area contributed by atoms with E-state index in [1.165, 1.54) is 4.88 Å². The quantitative estimate of drug-likeness (QED) is 0.923. The number of hydrogen-bond donors (Lipinski definition) is 1. The van der Waals surface area contributed by atoms with Gasteiger partial charge in [0, 0.05) is 16.3 Å². The Balaban J connectivity index is 2.13. The molecule has 0 atom stereocenters. The van der Waals surface area contributed by atoms with Crippen LogP contribution in [0, 0.1) is 34.6 Å². The van der Waals surface area contributed by atoms with Crippen LogP contribution in [0.3, 0.4) is 0 Å². The van der Waals surface area contributed by atoms with Crippen molar-refractivity contribution in [2.75, 3.05) is 5.32 Å². The Morgan fingerprint density at radius 2 is 1.50 bits per heavy atom. The number of aromatic nitrogens is 3. The molecule has 2 aromatic heterocycles. The fourth-order valence-electron chi connectivity index (χ4n) is 1.75. The number of thiazole rings is 1. The Kier molecular flexibility index (Phi) is 3.61. The number of aryl methyl sites for hydroxylation is 4. The van der Waals surface area contributed by atoms with E-state index in [0.29, 0.717) is 5.95 Å². The fourth-order valence-corrected chi connectivity index (χ4v) is 2.62. The van der Waals surface area contributed by atoms with Crippen LogP contribution in [-0.4, -0.2) is 15.0 Å². The molecule has 96 valence electrons. The lowest BCUT2D eigenvalue weighted by Gasteiger charge is -2.08. The van der Waals surface area contributed by atoms with Crippen LogP contribution in [0.15, 0.2) is 0 Å². The van der Waals surface area contributed by atoms with E-state index in [1.807, 2.05) is 34.6 Å². The van der Waals surface area contributed by atoms with Gasteiger partial charge in [-0.15, -0.1) is 11.3 Å². The molecule has 0 saturated carbocycles. The fraction of sp³-hybridized carbons (Fsp3) is 0.462. The van der Waals surface area contributed by atoms with Crippen molar-refractivity contribution < 1.29 is 0 Å². The van der Waals surface area contributed by atoms with Crippen LogP contribution in [0.4, 0.5) is 5.95 Å². The van der Waals surface area contributed by atoms with Gasteiger partial charge in [-0.1, -0.05) is 0 Å². The third-order valence-electron chi connectivity index (χ3n) is 3.04. The second kappa shape index (κ2) is 5.02. The molecule has 0 unspecified atom stereocenters. The minimum absolute atomic E-state index is 0.695. The van der Waals surface area contributed by atoms with Crippen molar-refractivity contribution in [1.82, 2.24) is 15.0 Å². The van der Waals surface area contributed by atoms with Crippen molar-refractivity contribution in [3.63, 3.8) is 0 Å².